The van der Waals surface area contributed by atoms with Crippen molar-refractivity contribution in [3.63, 3.8) is 0 Å². The highest BCUT2D eigenvalue weighted by molar-refractivity contribution is 7.80. The Labute approximate surface area is 77.4 Å². The van der Waals surface area contributed by atoms with Gasteiger partial charge in [0, 0.05) is 34.1 Å². The maximum absolute atomic E-state index is 10.3. The van der Waals surface area contributed by atoms with Crippen LogP contribution in [-0.4, -0.2) is 13.7 Å². The van der Waals surface area contributed by atoms with Gasteiger partial charge in [-0.05, 0) is 24.3 Å². The van der Waals surface area contributed by atoms with E-state index >= 15 is 0 Å². The first-order chi connectivity index (χ1) is 6.25. The van der Waals surface area contributed by atoms with E-state index in [1.807, 2.05) is 18.3 Å². The Morgan fingerprint density at radius 1 is 1.38 bits per heavy atom. The third kappa shape index (κ3) is 1.71. The summed E-state index contributed by atoms with van der Waals surface area (Å²) in [6.45, 7) is 0. The lowest BCUT2D eigenvalue weighted by atomic mass is 10.2. The minimum Gasteiger partial charge on any atom is -0.755 e. The second-order valence-electron chi connectivity index (χ2n) is 2.62. The van der Waals surface area contributed by atoms with E-state index in [1.165, 1.54) is 0 Å². The molecule has 0 saturated carbocycles. The minimum atomic E-state index is -2.26. The molecule has 13 heavy (non-hydrogen) atoms. The molecule has 1 aromatic carbocycles. The van der Waals surface area contributed by atoms with Crippen LogP contribution in [0.1, 0.15) is 0 Å². The molecular formula is C8H7N2O2S-. The Bertz CT molecular complexity index is 452. The van der Waals surface area contributed by atoms with Gasteiger partial charge in [-0.15, -0.1) is 0 Å². The Morgan fingerprint density at radius 2 is 2.23 bits per heavy atom. The molecule has 0 amide bonds. The van der Waals surface area contributed by atoms with Crippen molar-refractivity contribution in [2.45, 2.75) is 0 Å². The monoisotopic (exact) mass is 195 g/mol. The minimum absolute atomic E-state index is 0.570. The van der Waals surface area contributed by atoms with Crippen molar-refractivity contribution in [1.29, 1.82) is 0 Å². The van der Waals surface area contributed by atoms with E-state index in [4.69, 9.17) is 0 Å². The molecule has 0 aliphatic heterocycles. The van der Waals surface area contributed by atoms with Crippen molar-refractivity contribution in [2.75, 3.05) is 4.72 Å². The highest BCUT2D eigenvalue weighted by Crippen LogP contribution is 2.17. The molecule has 0 spiro atoms. The van der Waals surface area contributed by atoms with Gasteiger partial charge in [-0.3, -0.25) is 4.21 Å². The number of nitrogens with one attached hydrogen (secondary N) is 2. The molecule has 0 aliphatic rings. The number of aromatic nitrogens is 1. The van der Waals surface area contributed by atoms with Crippen LogP contribution in [0, 0.1) is 0 Å². The molecule has 2 rings (SSSR count). The molecule has 2 N–H and O–H groups in total. The van der Waals surface area contributed by atoms with Gasteiger partial charge in [0.1, 0.15) is 0 Å². The number of fused-ring (bicyclic) bond motifs is 1. The molecule has 2 aromatic rings. The van der Waals surface area contributed by atoms with Crippen LogP contribution < -0.4 is 4.72 Å². The summed E-state index contributed by atoms with van der Waals surface area (Å²) >= 11 is -2.26. The van der Waals surface area contributed by atoms with Crippen molar-refractivity contribution in [1.82, 2.24) is 4.98 Å². The SMILES string of the molecule is O=S([O-])Nc1ccc2[nH]ccc2c1. The second-order valence-corrected chi connectivity index (χ2v) is 3.29. The van der Waals surface area contributed by atoms with Gasteiger partial charge in [0.25, 0.3) is 0 Å². The molecule has 0 saturated heterocycles. The van der Waals surface area contributed by atoms with Crippen LogP contribution >= 0.6 is 0 Å². The third-order valence-corrected chi connectivity index (χ3v) is 2.16. The molecule has 5 heteroatoms. The van der Waals surface area contributed by atoms with E-state index in [2.05, 4.69) is 9.71 Å². The molecular weight excluding hydrogens is 188 g/mol. The Kier molecular flexibility index (Phi) is 2.03. The summed E-state index contributed by atoms with van der Waals surface area (Å²) in [7, 11) is 0. The summed E-state index contributed by atoms with van der Waals surface area (Å²) < 4.78 is 22.9. The highest BCUT2D eigenvalue weighted by Gasteiger charge is 1.95. The third-order valence-electron chi connectivity index (χ3n) is 1.75. The number of H-pyrrole nitrogens is 1. The molecule has 68 valence electrons. The van der Waals surface area contributed by atoms with Crippen LogP contribution in [0.5, 0.6) is 0 Å². The lowest BCUT2D eigenvalue weighted by Gasteiger charge is -2.07. The average Bonchev–Trinajstić information content (AvgIpc) is 2.49. The van der Waals surface area contributed by atoms with Gasteiger partial charge in [0.05, 0.1) is 0 Å². The van der Waals surface area contributed by atoms with E-state index in [1.54, 1.807) is 12.1 Å². The molecule has 0 fully saturated rings. The average molecular weight is 195 g/mol. The number of hydrogen-bond acceptors (Lipinski definition) is 2. The van der Waals surface area contributed by atoms with Crippen molar-refractivity contribution in [3.8, 4) is 0 Å². The summed E-state index contributed by atoms with van der Waals surface area (Å²) in [4.78, 5) is 3.02. The van der Waals surface area contributed by atoms with Gasteiger partial charge in [0.2, 0.25) is 0 Å². The maximum atomic E-state index is 10.3. The first-order valence-electron chi connectivity index (χ1n) is 3.69. The zero-order valence-electron chi connectivity index (χ0n) is 6.61. The Hall–Kier alpha value is -1.33. The summed E-state index contributed by atoms with van der Waals surface area (Å²) in [6, 6.07) is 7.18. The smallest absolute Gasteiger partial charge is 0.0459 e. The van der Waals surface area contributed by atoms with Gasteiger partial charge in [-0.1, -0.05) is 0 Å². The Balaban J connectivity index is 2.42. The first kappa shape index (κ1) is 8.28. The van der Waals surface area contributed by atoms with Crippen molar-refractivity contribution in [3.05, 3.63) is 30.5 Å². The van der Waals surface area contributed by atoms with E-state index in [9.17, 15) is 8.76 Å². The lowest BCUT2D eigenvalue weighted by Crippen LogP contribution is -2.01. The number of aromatic amines is 1. The summed E-state index contributed by atoms with van der Waals surface area (Å²) in [5.74, 6) is 0. The maximum Gasteiger partial charge on any atom is 0.0459 e. The fraction of sp³-hybridized carbons (Fsp3) is 0. The normalized spacial score (nSPS) is 13.0. The van der Waals surface area contributed by atoms with Crippen LogP contribution in [-0.2, 0) is 11.3 Å². The van der Waals surface area contributed by atoms with Gasteiger partial charge < -0.3 is 14.3 Å². The van der Waals surface area contributed by atoms with Crippen LogP contribution in [0.25, 0.3) is 10.9 Å². The summed E-state index contributed by atoms with van der Waals surface area (Å²) in [5.41, 5.74) is 1.56. The van der Waals surface area contributed by atoms with Crippen LogP contribution in [0.2, 0.25) is 0 Å². The zero-order valence-corrected chi connectivity index (χ0v) is 7.43. The van der Waals surface area contributed by atoms with Crippen molar-refractivity contribution >= 4 is 27.9 Å². The first-order valence-corrected chi connectivity index (χ1v) is 4.76. The largest absolute Gasteiger partial charge is 0.755 e. The predicted octanol–water partition coefficient (Wildman–Crippen LogP) is 1.37. The highest BCUT2D eigenvalue weighted by atomic mass is 32.2. The van der Waals surface area contributed by atoms with E-state index in [0.717, 1.165) is 10.9 Å². The van der Waals surface area contributed by atoms with Gasteiger partial charge in [-0.2, -0.15) is 0 Å². The number of hydrogen-bond donors (Lipinski definition) is 2. The molecule has 1 atom stereocenters. The van der Waals surface area contributed by atoms with Gasteiger partial charge in [-0.25, -0.2) is 0 Å². The number of benzene rings is 1. The van der Waals surface area contributed by atoms with Gasteiger partial charge in [0.15, 0.2) is 0 Å². The summed E-state index contributed by atoms with van der Waals surface area (Å²) in [6.07, 6.45) is 1.81. The molecule has 0 bridgehead atoms. The lowest BCUT2D eigenvalue weighted by molar-refractivity contribution is 0.542. The second kappa shape index (κ2) is 3.20. The molecule has 1 heterocycles. The molecule has 0 radical (unpaired) electrons. The zero-order chi connectivity index (χ0) is 9.26. The summed E-state index contributed by atoms with van der Waals surface area (Å²) in [5, 5.41) is 0.982. The standard InChI is InChI=1S/C8H8N2O2S/c11-13(12)10-7-1-2-8-6(5-7)3-4-9-8/h1-5,9-10H,(H,11,12)/p-1. The van der Waals surface area contributed by atoms with E-state index < -0.39 is 11.3 Å². The molecule has 1 unspecified atom stereocenters. The van der Waals surface area contributed by atoms with E-state index in [-0.39, 0.29) is 0 Å². The topological polar surface area (TPSA) is 67.9 Å². The molecule has 4 nitrogen and oxygen atoms in total. The fourth-order valence-electron chi connectivity index (χ4n) is 1.21. The van der Waals surface area contributed by atoms with Crippen LogP contribution in [0.15, 0.2) is 30.5 Å². The van der Waals surface area contributed by atoms with Crippen molar-refractivity contribution < 1.29 is 8.76 Å². The van der Waals surface area contributed by atoms with Crippen LogP contribution in [0.3, 0.4) is 0 Å². The van der Waals surface area contributed by atoms with Gasteiger partial charge >= 0.3 is 0 Å². The fourth-order valence-corrected chi connectivity index (χ4v) is 1.53. The number of rotatable bonds is 2. The molecule has 1 aromatic heterocycles. The number of anilines is 1. The van der Waals surface area contributed by atoms with Crippen LogP contribution in [0.4, 0.5) is 5.69 Å². The Morgan fingerprint density at radius 3 is 3.00 bits per heavy atom. The quantitative estimate of drug-likeness (QED) is 0.711. The predicted molar refractivity (Wildman–Crippen MR) is 50.8 cm³/mol. The van der Waals surface area contributed by atoms with Crippen molar-refractivity contribution in [2.24, 2.45) is 0 Å². The van der Waals surface area contributed by atoms with E-state index in [0.29, 0.717) is 5.69 Å². The molecule has 0 aliphatic carbocycles.